The summed E-state index contributed by atoms with van der Waals surface area (Å²) in [4.78, 5) is 16.6. The van der Waals surface area contributed by atoms with E-state index in [1.807, 2.05) is 42.2 Å². The SMILES string of the molecule is C=C(/C=C\C)NC(=S)N1CCC2(CC1)NCC(=O)N2Cc1ccccc1. The van der Waals surface area contributed by atoms with Crippen LogP contribution in [0.2, 0.25) is 0 Å². The van der Waals surface area contributed by atoms with Gasteiger partial charge in [0.2, 0.25) is 5.91 Å². The van der Waals surface area contributed by atoms with Gasteiger partial charge in [0.25, 0.3) is 0 Å². The second-order valence-corrected chi connectivity index (χ2v) is 7.18. The fourth-order valence-corrected chi connectivity index (χ4v) is 3.97. The number of carbonyl (C=O) groups excluding carboxylic acids is 1. The van der Waals surface area contributed by atoms with Crippen molar-refractivity contribution in [2.45, 2.75) is 32.0 Å². The fraction of sp³-hybridized carbons (Fsp3) is 0.400. The minimum atomic E-state index is -0.265. The third-order valence-corrected chi connectivity index (χ3v) is 5.44. The lowest BCUT2D eigenvalue weighted by Gasteiger charge is -2.45. The van der Waals surface area contributed by atoms with Crippen molar-refractivity contribution in [3.8, 4) is 0 Å². The number of allylic oxidation sites excluding steroid dienone is 2. The van der Waals surface area contributed by atoms with E-state index in [0.29, 0.717) is 18.2 Å². The lowest BCUT2D eigenvalue weighted by atomic mass is 9.95. The first-order chi connectivity index (χ1) is 12.5. The Morgan fingerprint density at radius 3 is 2.69 bits per heavy atom. The van der Waals surface area contributed by atoms with E-state index in [4.69, 9.17) is 12.2 Å². The molecule has 0 unspecified atom stereocenters. The van der Waals surface area contributed by atoms with Crippen LogP contribution in [0.5, 0.6) is 0 Å². The first-order valence-corrected chi connectivity index (χ1v) is 9.42. The highest BCUT2D eigenvalue weighted by molar-refractivity contribution is 7.80. The van der Waals surface area contributed by atoms with Crippen LogP contribution >= 0.6 is 12.2 Å². The van der Waals surface area contributed by atoms with Crippen molar-refractivity contribution < 1.29 is 4.79 Å². The smallest absolute Gasteiger partial charge is 0.238 e. The average molecular weight is 371 g/mol. The number of likely N-dealkylation sites (tertiary alicyclic amines) is 1. The van der Waals surface area contributed by atoms with Crippen molar-refractivity contribution >= 4 is 23.2 Å². The van der Waals surface area contributed by atoms with Gasteiger partial charge in [-0.1, -0.05) is 43.0 Å². The molecule has 1 amide bonds. The van der Waals surface area contributed by atoms with Crippen molar-refractivity contribution in [3.05, 3.63) is 60.3 Å². The predicted octanol–water partition coefficient (Wildman–Crippen LogP) is 2.37. The molecule has 138 valence electrons. The van der Waals surface area contributed by atoms with E-state index in [1.54, 1.807) is 0 Å². The van der Waals surface area contributed by atoms with Gasteiger partial charge in [0.15, 0.2) is 5.11 Å². The number of hydrogen-bond acceptors (Lipinski definition) is 3. The molecule has 5 nitrogen and oxygen atoms in total. The molecular weight excluding hydrogens is 344 g/mol. The molecule has 0 bridgehead atoms. The van der Waals surface area contributed by atoms with Gasteiger partial charge in [-0.05, 0) is 30.8 Å². The summed E-state index contributed by atoms with van der Waals surface area (Å²) in [5.41, 5.74) is 1.68. The molecule has 2 fully saturated rings. The van der Waals surface area contributed by atoms with Gasteiger partial charge in [-0.3, -0.25) is 10.1 Å². The van der Waals surface area contributed by atoms with Crippen molar-refractivity contribution in [1.82, 2.24) is 20.4 Å². The molecule has 3 rings (SSSR count). The zero-order chi connectivity index (χ0) is 18.6. The van der Waals surface area contributed by atoms with Crippen LogP contribution in [0.4, 0.5) is 0 Å². The Morgan fingerprint density at radius 1 is 1.35 bits per heavy atom. The lowest BCUT2D eigenvalue weighted by Crippen LogP contribution is -2.59. The maximum Gasteiger partial charge on any atom is 0.238 e. The van der Waals surface area contributed by atoms with Crippen molar-refractivity contribution in [2.75, 3.05) is 19.6 Å². The lowest BCUT2D eigenvalue weighted by molar-refractivity contribution is -0.132. The van der Waals surface area contributed by atoms with Crippen LogP contribution < -0.4 is 10.6 Å². The Hall–Kier alpha value is -2.18. The third-order valence-electron chi connectivity index (χ3n) is 5.08. The molecule has 2 heterocycles. The van der Waals surface area contributed by atoms with Crippen LogP contribution in [0.25, 0.3) is 0 Å². The number of benzene rings is 1. The van der Waals surface area contributed by atoms with E-state index in [2.05, 4.69) is 34.2 Å². The first-order valence-electron chi connectivity index (χ1n) is 9.01. The molecule has 0 saturated carbocycles. The Balaban J connectivity index is 1.63. The molecular formula is C20H26N4OS. The summed E-state index contributed by atoms with van der Waals surface area (Å²) in [5.74, 6) is 0.171. The summed E-state index contributed by atoms with van der Waals surface area (Å²) in [6.07, 6.45) is 5.53. The zero-order valence-electron chi connectivity index (χ0n) is 15.2. The highest BCUT2D eigenvalue weighted by Crippen LogP contribution is 2.31. The number of hydrogen-bond donors (Lipinski definition) is 2. The van der Waals surface area contributed by atoms with Crippen LogP contribution in [0.15, 0.2) is 54.8 Å². The summed E-state index contributed by atoms with van der Waals surface area (Å²) < 4.78 is 0. The molecule has 0 radical (unpaired) electrons. The molecule has 0 aliphatic carbocycles. The molecule has 2 aliphatic rings. The van der Waals surface area contributed by atoms with Gasteiger partial charge in [-0.25, -0.2) is 0 Å². The highest BCUT2D eigenvalue weighted by atomic mass is 32.1. The van der Waals surface area contributed by atoms with Crippen LogP contribution in [-0.4, -0.2) is 46.1 Å². The quantitative estimate of drug-likeness (QED) is 0.629. The molecule has 2 saturated heterocycles. The largest absolute Gasteiger partial charge is 0.349 e. The van der Waals surface area contributed by atoms with E-state index >= 15 is 0 Å². The summed E-state index contributed by atoms with van der Waals surface area (Å²) in [6, 6.07) is 10.2. The number of piperidine rings is 1. The van der Waals surface area contributed by atoms with Crippen molar-refractivity contribution in [2.24, 2.45) is 0 Å². The third kappa shape index (κ3) is 3.97. The molecule has 0 aromatic heterocycles. The number of rotatable bonds is 4. The molecule has 1 aromatic carbocycles. The molecule has 0 atom stereocenters. The van der Waals surface area contributed by atoms with Crippen LogP contribution in [0.1, 0.15) is 25.3 Å². The Morgan fingerprint density at radius 2 is 2.04 bits per heavy atom. The summed E-state index contributed by atoms with van der Waals surface area (Å²) in [6.45, 7) is 8.56. The maximum absolute atomic E-state index is 12.5. The van der Waals surface area contributed by atoms with E-state index in [-0.39, 0.29) is 11.6 Å². The monoisotopic (exact) mass is 370 g/mol. The summed E-state index contributed by atoms with van der Waals surface area (Å²) in [7, 11) is 0. The molecule has 6 heteroatoms. The second kappa shape index (κ2) is 8.01. The van der Waals surface area contributed by atoms with Gasteiger partial charge in [-0.2, -0.15) is 0 Å². The van der Waals surface area contributed by atoms with Crippen LogP contribution in [0.3, 0.4) is 0 Å². The molecule has 2 N–H and O–H groups in total. The molecule has 2 aliphatic heterocycles. The molecule has 1 aromatic rings. The Bertz CT molecular complexity index is 708. The topological polar surface area (TPSA) is 47.6 Å². The standard InChI is InChI=1S/C20H26N4OS/c1-3-7-16(2)22-19(26)23-12-10-20(11-13-23)21-14-18(25)24(20)15-17-8-5-4-6-9-17/h3-9,21H,2,10-15H2,1H3,(H,22,26)/b7-3-. The van der Waals surface area contributed by atoms with Gasteiger partial charge >= 0.3 is 0 Å². The van der Waals surface area contributed by atoms with E-state index in [9.17, 15) is 4.79 Å². The number of amides is 1. The number of thiocarbonyl (C=S) groups is 1. The van der Waals surface area contributed by atoms with Crippen LogP contribution in [-0.2, 0) is 11.3 Å². The Labute approximate surface area is 160 Å². The van der Waals surface area contributed by atoms with Gasteiger partial charge in [0, 0.05) is 38.2 Å². The van der Waals surface area contributed by atoms with E-state index < -0.39 is 0 Å². The van der Waals surface area contributed by atoms with E-state index in [1.165, 1.54) is 0 Å². The predicted molar refractivity (Wildman–Crippen MR) is 108 cm³/mol. The van der Waals surface area contributed by atoms with Gasteiger partial charge in [0.1, 0.15) is 0 Å². The number of nitrogens with one attached hydrogen (secondary N) is 2. The van der Waals surface area contributed by atoms with Gasteiger partial charge in [0.05, 0.1) is 12.2 Å². The van der Waals surface area contributed by atoms with Crippen molar-refractivity contribution in [3.63, 3.8) is 0 Å². The van der Waals surface area contributed by atoms with Gasteiger partial charge < -0.3 is 15.1 Å². The highest BCUT2D eigenvalue weighted by Gasteiger charge is 2.46. The van der Waals surface area contributed by atoms with Crippen molar-refractivity contribution in [1.29, 1.82) is 0 Å². The van der Waals surface area contributed by atoms with Gasteiger partial charge in [-0.15, -0.1) is 0 Å². The normalized spacial score (nSPS) is 19.3. The minimum absolute atomic E-state index is 0.171. The second-order valence-electron chi connectivity index (χ2n) is 6.79. The average Bonchev–Trinajstić information content (AvgIpc) is 2.93. The minimum Gasteiger partial charge on any atom is -0.349 e. The fourth-order valence-electron chi connectivity index (χ4n) is 3.66. The zero-order valence-corrected chi connectivity index (χ0v) is 16.0. The first kappa shape index (κ1) is 18.6. The maximum atomic E-state index is 12.5. The summed E-state index contributed by atoms with van der Waals surface area (Å²) >= 11 is 5.50. The number of nitrogens with zero attached hydrogens (tertiary/aromatic N) is 2. The number of carbonyl (C=O) groups is 1. The summed E-state index contributed by atoms with van der Waals surface area (Å²) in [5, 5.41) is 7.33. The Kier molecular flexibility index (Phi) is 5.74. The van der Waals surface area contributed by atoms with Crippen LogP contribution in [0, 0.1) is 0 Å². The molecule has 26 heavy (non-hydrogen) atoms. The van der Waals surface area contributed by atoms with E-state index in [0.717, 1.165) is 37.2 Å². The molecule has 1 spiro atoms.